The van der Waals surface area contributed by atoms with Gasteiger partial charge in [0.15, 0.2) is 0 Å². The fourth-order valence-electron chi connectivity index (χ4n) is 7.36. The second-order valence-electron chi connectivity index (χ2n) is 10.8. The molecule has 4 heterocycles. The van der Waals surface area contributed by atoms with Crippen molar-refractivity contribution in [2.75, 3.05) is 0 Å². The molecule has 2 aromatic rings. The molecule has 2 aliphatic carbocycles. The quantitative estimate of drug-likeness (QED) is 0.528. The molecule has 2 spiro atoms. The number of hydrogen-bond acceptors (Lipinski definition) is 5. The molecule has 0 amide bonds. The lowest BCUT2D eigenvalue weighted by Gasteiger charge is -2.40. The van der Waals surface area contributed by atoms with Crippen LogP contribution >= 0.6 is 23.7 Å². The zero-order valence-electron chi connectivity index (χ0n) is 18.8. The Kier molecular flexibility index (Phi) is 5.99. The SMILES string of the molecule is Cl.FC(F)(F)Cc1cc2c(C3(C4CCC5(CCCC5)N4)CCC4(CCCC4)N3)ncnc2s1. The van der Waals surface area contributed by atoms with Crippen molar-refractivity contribution >= 4 is 34.0 Å². The van der Waals surface area contributed by atoms with E-state index in [0.29, 0.717) is 9.71 Å². The summed E-state index contributed by atoms with van der Waals surface area (Å²) in [6, 6.07) is 1.97. The molecule has 0 radical (unpaired) electrons. The zero-order chi connectivity index (χ0) is 22.0. The summed E-state index contributed by atoms with van der Waals surface area (Å²) in [4.78, 5) is 10.2. The number of nitrogens with zero attached hydrogens (tertiary/aromatic N) is 2. The summed E-state index contributed by atoms with van der Waals surface area (Å²) < 4.78 is 39.3. The smallest absolute Gasteiger partial charge is 0.306 e. The highest BCUT2D eigenvalue weighted by Gasteiger charge is 2.57. The van der Waals surface area contributed by atoms with Crippen molar-refractivity contribution in [1.29, 1.82) is 0 Å². The van der Waals surface area contributed by atoms with Crippen LogP contribution in [-0.4, -0.2) is 33.3 Å². The van der Waals surface area contributed by atoms with Crippen LogP contribution in [0.4, 0.5) is 13.2 Å². The predicted molar refractivity (Wildman–Crippen MR) is 127 cm³/mol. The van der Waals surface area contributed by atoms with Crippen molar-refractivity contribution < 1.29 is 13.2 Å². The van der Waals surface area contributed by atoms with Crippen LogP contribution in [0, 0.1) is 0 Å². The molecule has 2 saturated carbocycles. The minimum atomic E-state index is -4.21. The van der Waals surface area contributed by atoms with Gasteiger partial charge in [0, 0.05) is 27.4 Å². The fourth-order valence-corrected chi connectivity index (χ4v) is 8.39. The Hall–Kier alpha value is -0.960. The van der Waals surface area contributed by atoms with Gasteiger partial charge in [-0.15, -0.1) is 23.7 Å². The first-order valence-electron chi connectivity index (χ1n) is 12.2. The van der Waals surface area contributed by atoms with Crippen LogP contribution in [-0.2, 0) is 12.0 Å². The van der Waals surface area contributed by atoms with Crippen LogP contribution in [0.5, 0.6) is 0 Å². The summed E-state index contributed by atoms with van der Waals surface area (Å²) >= 11 is 1.16. The van der Waals surface area contributed by atoms with E-state index in [2.05, 4.69) is 15.6 Å². The first-order valence-corrected chi connectivity index (χ1v) is 13.0. The van der Waals surface area contributed by atoms with E-state index in [-0.39, 0.29) is 35.1 Å². The minimum Gasteiger partial charge on any atom is -0.306 e. The monoisotopic (exact) mass is 500 g/mol. The number of thiophene rings is 1. The molecule has 6 rings (SSSR count). The first-order chi connectivity index (χ1) is 15.3. The molecular formula is C24H32ClF3N4S. The van der Waals surface area contributed by atoms with Gasteiger partial charge in [0.25, 0.3) is 0 Å². The largest absolute Gasteiger partial charge is 0.393 e. The average molecular weight is 501 g/mol. The van der Waals surface area contributed by atoms with Crippen LogP contribution in [0.15, 0.2) is 12.4 Å². The van der Waals surface area contributed by atoms with Gasteiger partial charge < -0.3 is 5.32 Å². The molecule has 2 unspecified atom stereocenters. The van der Waals surface area contributed by atoms with Crippen LogP contribution in [0.3, 0.4) is 0 Å². The maximum Gasteiger partial charge on any atom is 0.393 e. The van der Waals surface area contributed by atoms with Crippen LogP contribution in [0.1, 0.15) is 87.6 Å². The molecule has 0 bridgehead atoms. The summed E-state index contributed by atoms with van der Waals surface area (Å²) in [5, 5.41) is 9.00. The molecule has 2 N–H and O–H groups in total. The molecule has 2 atom stereocenters. The number of hydrogen-bond donors (Lipinski definition) is 2. The Morgan fingerprint density at radius 2 is 1.64 bits per heavy atom. The number of fused-ring (bicyclic) bond motifs is 1. The molecular weight excluding hydrogens is 469 g/mol. The van der Waals surface area contributed by atoms with Gasteiger partial charge in [0.05, 0.1) is 17.7 Å². The number of aromatic nitrogens is 2. The summed E-state index contributed by atoms with van der Waals surface area (Å²) in [5.74, 6) is 0. The lowest BCUT2D eigenvalue weighted by molar-refractivity contribution is -0.126. The van der Waals surface area contributed by atoms with E-state index in [1.807, 2.05) is 0 Å². The second-order valence-corrected chi connectivity index (χ2v) is 11.9. The topological polar surface area (TPSA) is 49.8 Å². The van der Waals surface area contributed by atoms with Crippen molar-refractivity contribution in [2.24, 2.45) is 0 Å². The first kappa shape index (κ1) is 23.8. The zero-order valence-corrected chi connectivity index (χ0v) is 20.4. The van der Waals surface area contributed by atoms with Gasteiger partial charge >= 0.3 is 6.18 Å². The van der Waals surface area contributed by atoms with Crippen molar-refractivity contribution in [1.82, 2.24) is 20.6 Å². The Bertz CT molecular complexity index is 1010. The van der Waals surface area contributed by atoms with Gasteiger partial charge in [-0.2, -0.15) is 13.2 Å². The molecule has 2 saturated heterocycles. The highest BCUT2D eigenvalue weighted by atomic mass is 35.5. The summed E-state index contributed by atoms with van der Waals surface area (Å²) in [6.07, 6.45) is 10.7. The highest BCUT2D eigenvalue weighted by Crippen LogP contribution is 2.52. The molecule has 9 heteroatoms. The number of rotatable bonds is 3. The Morgan fingerprint density at radius 3 is 2.33 bits per heavy atom. The third-order valence-corrected chi connectivity index (χ3v) is 9.82. The lowest BCUT2D eigenvalue weighted by atomic mass is 9.82. The number of alkyl halides is 3. The van der Waals surface area contributed by atoms with Gasteiger partial charge in [0.2, 0.25) is 0 Å². The average Bonchev–Trinajstić information content (AvgIpc) is 3.55. The van der Waals surface area contributed by atoms with E-state index < -0.39 is 12.6 Å². The summed E-state index contributed by atoms with van der Waals surface area (Å²) in [7, 11) is 0. The third-order valence-electron chi connectivity index (χ3n) is 8.77. The predicted octanol–water partition coefficient (Wildman–Crippen LogP) is 6.17. The summed E-state index contributed by atoms with van der Waals surface area (Å²) in [6.45, 7) is 0. The fraction of sp³-hybridized carbons (Fsp3) is 0.750. The van der Waals surface area contributed by atoms with Gasteiger partial charge in [-0.25, -0.2) is 9.97 Å². The molecule has 182 valence electrons. The van der Waals surface area contributed by atoms with E-state index in [1.54, 1.807) is 12.4 Å². The van der Waals surface area contributed by atoms with Crippen molar-refractivity contribution in [3.8, 4) is 0 Å². The number of halogens is 4. The third kappa shape index (κ3) is 4.09. The Morgan fingerprint density at radius 1 is 0.939 bits per heavy atom. The Labute approximate surface area is 202 Å². The molecule has 2 aromatic heterocycles. The summed E-state index contributed by atoms with van der Waals surface area (Å²) in [5.41, 5.74) is 0.972. The van der Waals surface area contributed by atoms with E-state index in [0.717, 1.165) is 41.7 Å². The molecule has 33 heavy (non-hydrogen) atoms. The second kappa shape index (κ2) is 8.32. The maximum atomic E-state index is 13.1. The van der Waals surface area contributed by atoms with Crippen LogP contribution in [0.25, 0.3) is 10.2 Å². The van der Waals surface area contributed by atoms with Crippen LogP contribution in [0.2, 0.25) is 0 Å². The lowest BCUT2D eigenvalue weighted by Crippen LogP contribution is -2.59. The minimum absolute atomic E-state index is 0. The van der Waals surface area contributed by atoms with E-state index in [1.165, 1.54) is 57.8 Å². The normalized spacial score (nSPS) is 30.6. The van der Waals surface area contributed by atoms with Gasteiger partial charge in [-0.1, -0.05) is 25.7 Å². The van der Waals surface area contributed by atoms with Gasteiger partial charge in [-0.05, 0) is 57.4 Å². The molecule has 2 aliphatic heterocycles. The van der Waals surface area contributed by atoms with Crippen LogP contribution < -0.4 is 10.6 Å². The van der Waals surface area contributed by atoms with Gasteiger partial charge in [-0.3, -0.25) is 5.32 Å². The number of nitrogens with one attached hydrogen (secondary N) is 2. The van der Waals surface area contributed by atoms with Gasteiger partial charge in [0.1, 0.15) is 11.2 Å². The van der Waals surface area contributed by atoms with Crippen molar-refractivity contribution in [2.45, 2.75) is 112 Å². The Balaban J connectivity index is 0.00000228. The standard InChI is InChI=1S/C24H31F3N4S.ClH/c25-24(26,27)14-16-13-17-19(28-15-29-20(17)32-16)23(12-11-22(31-23)8-3-4-9-22)18-5-10-21(30-18)6-1-2-7-21;/h13,15,18,30-31H,1-12,14H2;1H. The maximum absolute atomic E-state index is 13.1. The van der Waals surface area contributed by atoms with E-state index in [9.17, 15) is 13.2 Å². The molecule has 4 fully saturated rings. The molecule has 4 nitrogen and oxygen atoms in total. The highest BCUT2D eigenvalue weighted by molar-refractivity contribution is 7.18. The van der Waals surface area contributed by atoms with E-state index in [4.69, 9.17) is 4.98 Å². The van der Waals surface area contributed by atoms with Crippen molar-refractivity contribution in [3.63, 3.8) is 0 Å². The molecule has 4 aliphatic rings. The van der Waals surface area contributed by atoms with E-state index >= 15 is 0 Å². The molecule has 0 aromatic carbocycles. The van der Waals surface area contributed by atoms with Crippen molar-refractivity contribution in [3.05, 3.63) is 23.0 Å².